The number of aldehydes is 1. The summed E-state index contributed by atoms with van der Waals surface area (Å²) in [5, 5.41) is 21.3. The molecule has 0 aliphatic carbocycles. The fraction of sp³-hybridized carbons (Fsp3) is 0.250. The molecule has 0 bridgehead atoms. The van der Waals surface area contributed by atoms with Crippen molar-refractivity contribution in [2.45, 2.75) is 23.9 Å². The summed E-state index contributed by atoms with van der Waals surface area (Å²) in [4.78, 5) is 36.1. The van der Waals surface area contributed by atoms with E-state index in [1.807, 2.05) is 0 Å². The lowest BCUT2D eigenvalue weighted by molar-refractivity contribution is -0.121. The van der Waals surface area contributed by atoms with Gasteiger partial charge in [0.2, 0.25) is 0 Å². The summed E-state index contributed by atoms with van der Waals surface area (Å²) in [5.74, 6) is -1.50. The number of carbonyl (C=O) groups is 3. The number of Topliss-reactive ketones (excluding diaryl/α,β-unsaturated/α-hetero) is 1. The molecule has 27 heavy (non-hydrogen) atoms. The van der Waals surface area contributed by atoms with Gasteiger partial charge in [0.25, 0.3) is 0 Å². The van der Waals surface area contributed by atoms with E-state index in [2.05, 4.69) is 0 Å². The average Bonchev–Trinajstić information content (AvgIpc) is 2.98. The lowest BCUT2D eigenvalue weighted by Gasteiger charge is -2.29. The molecule has 1 aliphatic heterocycles. The quantitative estimate of drug-likeness (QED) is 0.439. The third-order valence-corrected chi connectivity index (χ3v) is 4.48. The van der Waals surface area contributed by atoms with Gasteiger partial charge in [-0.1, -0.05) is 48.5 Å². The summed E-state index contributed by atoms with van der Waals surface area (Å²) in [6.45, 7) is -0.510. The molecule has 1 saturated heterocycles. The van der Waals surface area contributed by atoms with Crippen LogP contribution in [0.25, 0.3) is 0 Å². The zero-order chi connectivity index (χ0) is 19.4. The molecule has 2 aromatic carbocycles. The summed E-state index contributed by atoms with van der Waals surface area (Å²) in [7, 11) is 0. The number of ether oxygens (including phenoxy) is 2. The third kappa shape index (κ3) is 3.52. The molecule has 0 aromatic heterocycles. The highest BCUT2D eigenvalue weighted by atomic mass is 16.6. The summed E-state index contributed by atoms with van der Waals surface area (Å²) >= 11 is 0. The smallest absolute Gasteiger partial charge is 0.338 e. The van der Waals surface area contributed by atoms with Crippen molar-refractivity contribution in [3.8, 4) is 0 Å². The summed E-state index contributed by atoms with van der Waals surface area (Å²) < 4.78 is 10.4. The number of carbonyl (C=O) groups excluding carboxylic acids is 3. The van der Waals surface area contributed by atoms with E-state index < -0.39 is 42.3 Å². The van der Waals surface area contributed by atoms with E-state index in [1.54, 1.807) is 48.5 Å². The molecule has 1 fully saturated rings. The maximum atomic E-state index is 12.8. The lowest BCUT2D eigenvalue weighted by atomic mass is 9.83. The highest BCUT2D eigenvalue weighted by Gasteiger charge is 2.60. The molecule has 140 valence electrons. The molecular weight excluding hydrogens is 352 g/mol. The Balaban J connectivity index is 1.82. The van der Waals surface area contributed by atoms with Gasteiger partial charge in [-0.2, -0.15) is 0 Å². The summed E-state index contributed by atoms with van der Waals surface area (Å²) in [6.07, 6.45) is -4.30. The van der Waals surface area contributed by atoms with E-state index in [-0.39, 0.29) is 11.1 Å². The molecule has 3 rings (SSSR count). The summed E-state index contributed by atoms with van der Waals surface area (Å²) in [5.41, 5.74) is -2.02. The number of benzene rings is 2. The van der Waals surface area contributed by atoms with Crippen LogP contribution in [-0.2, 0) is 14.3 Å². The van der Waals surface area contributed by atoms with Crippen molar-refractivity contribution in [2.24, 2.45) is 0 Å². The molecule has 0 unspecified atom stereocenters. The normalized spacial score (nSPS) is 27.1. The van der Waals surface area contributed by atoms with Gasteiger partial charge in [-0.15, -0.1) is 0 Å². The minimum Gasteiger partial charge on any atom is -0.459 e. The van der Waals surface area contributed by atoms with Gasteiger partial charge in [-0.25, -0.2) is 4.79 Å². The molecule has 2 aromatic rings. The van der Waals surface area contributed by atoms with Gasteiger partial charge < -0.3 is 24.5 Å². The van der Waals surface area contributed by atoms with E-state index in [0.29, 0.717) is 6.29 Å². The Hall–Kier alpha value is -2.87. The number of aliphatic hydroxyl groups is 2. The van der Waals surface area contributed by atoms with E-state index in [0.717, 1.165) is 0 Å². The number of ketones is 1. The zero-order valence-electron chi connectivity index (χ0n) is 14.2. The first-order chi connectivity index (χ1) is 13.0. The fourth-order valence-corrected chi connectivity index (χ4v) is 2.99. The number of aliphatic hydroxyl groups excluding tert-OH is 1. The van der Waals surface area contributed by atoms with Crippen LogP contribution in [0.15, 0.2) is 60.7 Å². The number of hydrogen-bond donors (Lipinski definition) is 2. The Bertz CT molecular complexity index is 821. The highest BCUT2D eigenvalue weighted by molar-refractivity contribution is 6.04. The van der Waals surface area contributed by atoms with Gasteiger partial charge >= 0.3 is 5.97 Å². The standard InChI is InChI=1S/C20H18O7/c21-11-15-18(23)20(25,17(22)13-7-3-1-4-8-13)16(27-15)12-26-19(24)14-9-5-2-6-10-14/h1-11,15-16,18,23,25H,12H2/t15-,16+,18+,20-/m0/s1. The Labute approximate surface area is 155 Å². The third-order valence-electron chi connectivity index (χ3n) is 4.48. The molecule has 1 heterocycles. The average molecular weight is 370 g/mol. The molecule has 0 spiro atoms. The molecule has 7 heteroatoms. The number of hydrogen-bond acceptors (Lipinski definition) is 7. The van der Waals surface area contributed by atoms with E-state index in [9.17, 15) is 24.6 Å². The van der Waals surface area contributed by atoms with Gasteiger partial charge in [0.1, 0.15) is 24.9 Å². The van der Waals surface area contributed by atoms with Crippen molar-refractivity contribution in [2.75, 3.05) is 6.61 Å². The monoisotopic (exact) mass is 370 g/mol. The van der Waals surface area contributed by atoms with Gasteiger partial charge in [0.15, 0.2) is 17.7 Å². The first-order valence-corrected chi connectivity index (χ1v) is 8.31. The predicted octanol–water partition coefficient (Wildman–Crippen LogP) is 0.785. The van der Waals surface area contributed by atoms with Crippen LogP contribution in [-0.4, -0.2) is 58.8 Å². The largest absolute Gasteiger partial charge is 0.459 e. The minimum atomic E-state index is -2.43. The molecule has 2 N–H and O–H groups in total. The van der Waals surface area contributed by atoms with E-state index in [4.69, 9.17) is 9.47 Å². The van der Waals surface area contributed by atoms with Crippen LogP contribution >= 0.6 is 0 Å². The maximum Gasteiger partial charge on any atom is 0.338 e. The zero-order valence-corrected chi connectivity index (χ0v) is 14.2. The molecule has 7 nitrogen and oxygen atoms in total. The summed E-state index contributed by atoms with van der Waals surface area (Å²) in [6, 6.07) is 16.0. The van der Waals surface area contributed by atoms with Crippen molar-refractivity contribution in [1.29, 1.82) is 0 Å². The molecule has 1 aliphatic rings. The van der Waals surface area contributed by atoms with Gasteiger partial charge in [-0.3, -0.25) is 4.79 Å². The topological polar surface area (TPSA) is 110 Å². The number of esters is 1. The SMILES string of the molecule is O=C[C@@H]1O[C@H](COC(=O)c2ccccc2)[C@](O)(C(=O)c2ccccc2)[C@@H]1O. The van der Waals surface area contributed by atoms with Gasteiger partial charge in [0.05, 0.1) is 5.56 Å². The Kier molecular flexibility index (Phi) is 5.46. The molecule has 4 atom stereocenters. The second-order valence-corrected chi connectivity index (χ2v) is 6.16. The van der Waals surface area contributed by atoms with Gasteiger partial charge in [-0.05, 0) is 12.1 Å². The number of rotatable bonds is 6. The molecular formula is C20H18O7. The van der Waals surface area contributed by atoms with Crippen LogP contribution in [0.2, 0.25) is 0 Å². The fourth-order valence-electron chi connectivity index (χ4n) is 2.99. The predicted molar refractivity (Wildman–Crippen MR) is 93.2 cm³/mol. The lowest BCUT2D eigenvalue weighted by Crippen LogP contribution is -2.56. The molecule has 0 saturated carbocycles. The highest BCUT2D eigenvalue weighted by Crippen LogP contribution is 2.34. The van der Waals surface area contributed by atoms with Crippen molar-refractivity contribution in [1.82, 2.24) is 0 Å². The van der Waals surface area contributed by atoms with Crippen molar-refractivity contribution < 1.29 is 34.1 Å². The van der Waals surface area contributed by atoms with Gasteiger partial charge in [0, 0.05) is 5.56 Å². The second-order valence-electron chi connectivity index (χ2n) is 6.16. The van der Waals surface area contributed by atoms with Crippen LogP contribution in [0.5, 0.6) is 0 Å². The molecule has 0 radical (unpaired) electrons. The van der Waals surface area contributed by atoms with Crippen LogP contribution < -0.4 is 0 Å². The Morgan fingerprint density at radius 3 is 2.15 bits per heavy atom. The van der Waals surface area contributed by atoms with Crippen molar-refractivity contribution >= 4 is 18.0 Å². The van der Waals surface area contributed by atoms with Crippen LogP contribution in [0.3, 0.4) is 0 Å². The maximum absolute atomic E-state index is 12.8. The first-order valence-electron chi connectivity index (χ1n) is 8.31. The van der Waals surface area contributed by atoms with Crippen LogP contribution in [0.4, 0.5) is 0 Å². The Morgan fingerprint density at radius 2 is 1.59 bits per heavy atom. The van der Waals surface area contributed by atoms with E-state index in [1.165, 1.54) is 12.1 Å². The van der Waals surface area contributed by atoms with Crippen LogP contribution in [0, 0.1) is 0 Å². The van der Waals surface area contributed by atoms with E-state index >= 15 is 0 Å². The van der Waals surface area contributed by atoms with Crippen molar-refractivity contribution in [3.63, 3.8) is 0 Å². The minimum absolute atomic E-state index is 0.133. The van der Waals surface area contributed by atoms with Crippen LogP contribution in [0.1, 0.15) is 20.7 Å². The van der Waals surface area contributed by atoms with Crippen molar-refractivity contribution in [3.05, 3.63) is 71.8 Å². The first kappa shape index (κ1) is 18.9. The second kappa shape index (κ2) is 7.79. The molecule has 0 amide bonds. The Morgan fingerprint density at radius 1 is 1.04 bits per heavy atom.